The minimum absolute atomic E-state index is 0.140. The number of non-ortho nitro benzene ring substituents is 1. The monoisotopic (exact) mass is 312 g/mol. The number of carboxylic acids is 1. The summed E-state index contributed by atoms with van der Waals surface area (Å²) in [4.78, 5) is 34.4. The third-order valence-electron chi connectivity index (χ3n) is 3.75. The van der Waals surface area contributed by atoms with Crippen LogP contribution >= 0.6 is 0 Å². The van der Waals surface area contributed by atoms with Gasteiger partial charge in [0.2, 0.25) is 0 Å². The average molecular weight is 312 g/mol. The van der Waals surface area contributed by atoms with E-state index in [0.29, 0.717) is 11.9 Å². The van der Waals surface area contributed by atoms with Crippen LogP contribution in [0, 0.1) is 10.1 Å². The van der Waals surface area contributed by atoms with Crippen molar-refractivity contribution in [1.82, 2.24) is 4.57 Å². The molecule has 1 heterocycles. The van der Waals surface area contributed by atoms with E-state index in [4.69, 9.17) is 0 Å². The molecule has 1 aliphatic carbocycles. The number of fused-ring (bicyclic) bond motifs is 1. The topological polar surface area (TPSA) is 102 Å². The van der Waals surface area contributed by atoms with Gasteiger partial charge in [-0.15, -0.1) is 0 Å². The lowest BCUT2D eigenvalue weighted by molar-refractivity contribution is -0.383. The first-order valence-corrected chi connectivity index (χ1v) is 6.88. The van der Waals surface area contributed by atoms with Crippen LogP contribution in [0.2, 0.25) is 0 Å². The number of benzene rings is 1. The van der Waals surface area contributed by atoms with Crippen molar-refractivity contribution in [2.75, 3.05) is 0 Å². The van der Waals surface area contributed by atoms with Gasteiger partial charge in [0.25, 0.3) is 11.2 Å². The van der Waals surface area contributed by atoms with Crippen LogP contribution in [0.25, 0.3) is 10.9 Å². The molecule has 0 spiro atoms. The molecule has 116 valence electrons. The van der Waals surface area contributed by atoms with Gasteiger partial charge >= 0.3 is 5.97 Å². The van der Waals surface area contributed by atoms with Gasteiger partial charge in [-0.25, -0.2) is 4.79 Å². The Morgan fingerprint density at radius 1 is 1.39 bits per heavy atom. The molecular weight excluding hydrogens is 300 g/mol. The number of allylic oxidation sites excluding steroid dienone is 4. The molecule has 0 saturated carbocycles. The van der Waals surface area contributed by atoms with Crippen LogP contribution in [0.15, 0.2) is 52.9 Å². The molecule has 0 amide bonds. The van der Waals surface area contributed by atoms with E-state index in [1.165, 1.54) is 16.7 Å². The number of nitrogens with zero attached hydrogens (tertiary/aromatic N) is 2. The fraction of sp³-hybridized carbons (Fsp3) is 0.125. The minimum Gasteiger partial charge on any atom is -0.477 e. The number of carbonyl (C=O) groups is 1. The second-order valence-electron chi connectivity index (χ2n) is 5.18. The molecule has 0 bridgehead atoms. The Morgan fingerprint density at radius 3 is 2.78 bits per heavy atom. The quantitative estimate of drug-likeness (QED) is 0.690. The number of aromatic carboxylic acids is 1. The summed E-state index contributed by atoms with van der Waals surface area (Å²) in [5, 5.41) is 20.6. The summed E-state index contributed by atoms with van der Waals surface area (Å²) in [6.07, 6.45) is 6.29. The summed E-state index contributed by atoms with van der Waals surface area (Å²) < 4.78 is 1.28. The number of nitro benzene ring substituents is 1. The third kappa shape index (κ3) is 2.52. The van der Waals surface area contributed by atoms with Gasteiger partial charge in [0.05, 0.1) is 15.8 Å². The second kappa shape index (κ2) is 5.53. The lowest BCUT2D eigenvalue weighted by Gasteiger charge is -2.12. The van der Waals surface area contributed by atoms with E-state index < -0.39 is 22.0 Å². The fourth-order valence-corrected chi connectivity index (χ4v) is 2.67. The maximum Gasteiger partial charge on any atom is 0.341 e. The lowest BCUT2D eigenvalue weighted by atomic mass is 10.1. The molecule has 1 aromatic heterocycles. The SMILES string of the molecule is O=C(O)c1cc2c([N+](=O)[O-])cccc2n(CC2=CC=CC2)c1=O. The molecule has 2 aromatic rings. The summed E-state index contributed by atoms with van der Waals surface area (Å²) in [6.45, 7) is 0.199. The molecule has 0 fully saturated rings. The molecule has 7 heteroatoms. The molecule has 3 rings (SSSR count). The highest BCUT2D eigenvalue weighted by Crippen LogP contribution is 2.26. The third-order valence-corrected chi connectivity index (χ3v) is 3.75. The smallest absolute Gasteiger partial charge is 0.341 e. The van der Waals surface area contributed by atoms with E-state index in [9.17, 15) is 24.8 Å². The van der Waals surface area contributed by atoms with Gasteiger partial charge in [-0.05, 0) is 24.1 Å². The van der Waals surface area contributed by atoms with Gasteiger partial charge in [-0.2, -0.15) is 0 Å². The van der Waals surface area contributed by atoms with Gasteiger partial charge in [-0.1, -0.05) is 24.3 Å². The van der Waals surface area contributed by atoms with Crippen molar-refractivity contribution in [3.63, 3.8) is 0 Å². The minimum atomic E-state index is -1.40. The van der Waals surface area contributed by atoms with E-state index in [2.05, 4.69) is 0 Å². The fourth-order valence-electron chi connectivity index (χ4n) is 2.67. The van der Waals surface area contributed by atoms with Gasteiger partial charge in [0, 0.05) is 12.6 Å². The number of hydrogen-bond acceptors (Lipinski definition) is 4. The number of nitro groups is 1. The Balaban J connectivity index is 2.33. The molecule has 1 N–H and O–H groups in total. The number of hydrogen-bond donors (Lipinski definition) is 1. The van der Waals surface area contributed by atoms with Crippen molar-refractivity contribution in [1.29, 1.82) is 0 Å². The van der Waals surface area contributed by atoms with Crippen LogP contribution in [0.1, 0.15) is 16.8 Å². The van der Waals surface area contributed by atoms with Crippen molar-refractivity contribution in [3.05, 3.63) is 74.1 Å². The zero-order valence-corrected chi connectivity index (χ0v) is 11.9. The number of rotatable bonds is 4. The lowest BCUT2D eigenvalue weighted by Crippen LogP contribution is -2.27. The van der Waals surface area contributed by atoms with E-state index in [0.717, 1.165) is 11.6 Å². The summed E-state index contributed by atoms with van der Waals surface area (Å²) in [5.74, 6) is -1.40. The first kappa shape index (κ1) is 14.7. The summed E-state index contributed by atoms with van der Waals surface area (Å²) in [6, 6.07) is 5.44. The molecule has 1 aromatic carbocycles. The average Bonchev–Trinajstić information content (AvgIpc) is 3.01. The van der Waals surface area contributed by atoms with Crippen LogP contribution in [0.5, 0.6) is 0 Å². The van der Waals surface area contributed by atoms with Crippen molar-refractivity contribution < 1.29 is 14.8 Å². The number of pyridine rings is 1. The maximum absolute atomic E-state index is 12.5. The molecule has 7 nitrogen and oxygen atoms in total. The second-order valence-corrected chi connectivity index (χ2v) is 5.18. The molecule has 0 saturated heterocycles. The molecule has 0 unspecified atom stereocenters. The van der Waals surface area contributed by atoms with Crippen molar-refractivity contribution in [2.45, 2.75) is 13.0 Å². The highest BCUT2D eigenvalue weighted by atomic mass is 16.6. The Hall–Kier alpha value is -3.22. The van der Waals surface area contributed by atoms with E-state index >= 15 is 0 Å². The first-order valence-electron chi connectivity index (χ1n) is 6.88. The maximum atomic E-state index is 12.5. The predicted octanol–water partition coefficient (Wildman–Crippen LogP) is 2.49. The van der Waals surface area contributed by atoms with E-state index in [1.54, 1.807) is 6.07 Å². The highest BCUT2D eigenvalue weighted by molar-refractivity contribution is 5.96. The standard InChI is InChI=1S/C16H12N2O5/c19-15-12(16(20)21)8-11-13(6-3-7-14(11)18(22)23)17(15)9-10-4-1-2-5-10/h1-4,6-8H,5,9H2,(H,20,21). The van der Waals surface area contributed by atoms with Crippen molar-refractivity contribution in [2.24, 2.45) is 0 Å². The highest BCUT2D eigenvalue weighted by Gasteiger charge is 2.20. The summed E-state index contributed by atoms with van der Waals surface area (Å²) >= 11 is 0. The van der Waals surface area contributed by atoms with E-state index in [-0.39, 0.29) is 17.6 Å². The van der Waals surface area contributed by atoms with Gasteiger partial charge in [0.15, 0.2) is 0 Å². The van der Waals surface area contributed by atoms with Crippen molar-refractivity contribution >= 4 is 22.6 Å². The summed E-state index contributed by atoms with van der Waals surface area (Å²) in [5.41, 5.74) is -0.0848. The van der Waals surface area contributed by atoms with Crippen LogP contribution in [0.3, 0.4) is 0 Å². The van der Waals surface area contributed by atoms with Crippen LogP contribution < -0.4 is 5.56 Å². The Morgan fingerprint density at radius 2 is 2.17 bits per heavy atom. The molecule has 0 radical (unpaired) electrons. The van der Waals surface area contributed by atoms with E-state index in [1.807, 2.05) is 18.2 Å². The zero-order chi connectivity index (χ0) is 16.6. The first-order chi connectivity index (χ1) is 11.0. The summed E-state index contributed by atoms with van der Waals surface area (Å²) in [7, 11) is 0. The van der Waals surface area contributed by atoms with Crippen LogP contribution in [-0.2, 0) is 6.54 Å². The molecular formula is C16H12N2O5. The van der Waals surface area contributed by atoms with Gasteiger partial charge in [-0.3, -0.25) is 14.9 Å². The zero-order valence-electron chi connectivity index (χ0n) is 11.9. The molecule has 0 atom stereocenters. The predicted molar refractivity (Wildman–Crippen MR) is 83.7 cm³/mol. The van der Waals surface area contributed by atoms with Crippen LogP contribution in [-0.4, -0.2) is 20.6 Å². The Labute approximate surface area is 129 Å². The molecule has 23 heavy (non-hydrogen) atoms. The van der Waals surface area contributed by atoms with Crippen LogP contribution in [0.4, 0.5) is 5.69 Å². The largest absolute Gasteiger partial charge is 0.477 e. The van der Waals surface area contributed by atoms with Gasteiger partial charge in [0.1, 0.15) is 5.56 Å². The number of aromatic nitrogens is 1. The normalized spacial score (nSPS) is 13.3. The van der Waals surface area contributed by atoms with Gasteiger partial charge < -0.3 is 9.67 Å². The number of carboxylic acid groups (broad SMARTS) is 1. The molecule has 0 aliphatic heterocycles. The Kier molecular flexibility index (Phi) is 3.53. The molecule has 1 aliphatic rings. The van der Waals surface area contributed by atoms with Crippen molar-refractivity contribution in [3.8, 4) is 0 Å². The Bertz CT molecular complexity index is 953.